The lowest BCUT2D eigenvalue weighted by Crippen LogP contribution is -2.10. The van der Waals surface area contributed by atoms with Crippen molar-refractivity contribution >= 4 is 15.9 Å². The summed E-state index contributed by atoms with van der Waals surface area (Å²) < 4.78 is 58.9. The van der Waals surface area contributed by atoms with Crippen LogP contribution in [0.15, 0.2) is 33.3 Å². The van der Waals surface area contributed by atoms with Crippen LogP contribution in [0.25, 0.3) is 11.4 Å². The standard InChI is InChI=1S/C17H13BrF4N4O/c18-13-14(9-1-2-9)26(24-15(13)17(20,21)22)8-7-12-23-16(25-27-12)10-3-5-11(19)6-4-10/h3-6,9H,1-2,7-8H2. The van der Waals surface area contributed by atoms with Crippen LogP contribution in [0.3, 0.4) is 0 Å². The summed E-state index contributed by atoms with van der Waals surface area (Å²) in [6.45, 7) is 0.186. The molecule has 0 unspecified atom stereocenters. The lowest BCUT2D eigenvalue weighted by Gasteiger charge is -2.04. The van der Waals surface area contributed by atoms with Gasteiger partial charge in [-0.05, 0) is 53.0 Å². The van der Waals surface area contributed by atoms with E-state index in [1.54, 1.807) is 0 Å². The van der Waals surface area contributed by atoms with E-state index >= 15 is 0 Å². The predicted molar refractivity (Wildman–Crippen MR) is 90.3 cm³/mol. The van der Waals surface area contributed by atoms with Gasteiger partial charge in [0.05, 0.1) is 16.7 Å². The molecule has 0 aliphatic heterocycles. The zero-order chi connectivity index (χ0) is 19.2. The van der Waals surface area contributed by atoms with Crippen LogP contribution in [-0.2, 0) is 19.1 Å². The van der Waals surface area contributed by atoms with E-state index in [-0.39, 0.29) is 35.1 Å². The highest BCUT2D eigenvalue weighted by molar-refractivity contribution is 9.10. The van der Waals surface area contributed by atoms with E-state index in [2.05, 4.69) is 31.2 Å². The summed E-state index contributed by atoms with van der Waals surface area (Å²) in [5.41, 5.74) is 0.230. The Morgan fingerprint density at radius 3 is 2.52 bits per heavy atom. The van der Waals surface area contributed by atoms with Crippen LogP contribution >= 0.6 is 15.9 Å². The van der Waals surface area contributed by atoms with E-state index in [4.69, 9.17) is 4.52 Å². The summed E-state index contributed by atoms with van der Waals surface area (Å²) in [5, 5.41) is 7.58. The van der Waals surface area contributed by atoms with E-state index in [0.29, 0.717) is 17.1 Å². The van der Waals surface area contributed by atoms with Crippen LogP contribution in [0.2, 0.25) is 0 Å². The van der Waals surface area contributed by atoms with Gasteiger partial charge in [-0.3, -0.25) is 4.68 Å². The number of hydrogen-bond acceptors (Lipinski definition) is 4. The maximum Gasteiger partial charge on any atom is 0.436 e. The first-order chi connectivity index (χ1) is 12.8. The molecule has 0 atom stereocenters. The Hall–Kier alpha value is -2.23. The van der Waals surface area contributed by atoms with Crippen molar-refractivity contribution < 1.29 is 22.1 Å². The Bertz CT molecular complexity index is 960. The predicted octanol–water partition coefficient (Wildman–Crippen LogP) is 4.97. The molecule has 0 N–H and O–H groups in total. The van der Waals surface area contributed by atoms with E-state index in [9.17, 15) is 17.6 Å². The minimum absolute atomic E-state index is 0.00929. The number of aromatic nitrogens is 4. The summed E-state index contributed by atoms with van der Waals surface area (Å²) in [7, 11) is 0. The second-order valence-corrected chi connectivity index (χ2v) is 7.10. The fraction of sp³-hybridized carbons (Fsp3) is 0.353. The van der Waals surface area contributed by atoms with Crippen LogP contribution in [0, 0.1) is 5.82 Å². The van der Waals surface area contributed by atoms with Crippen molar-refractivity contribution in [3.63, 3.8) is 0 Å². The summed E-state index contributed by atoms with van der Waals surface area (Å²) in [4.78, 5) is 4.22. The maximum atomic E-state index is 13.1. The second-order valence-electron chi connectivity index (χ2n) is 6.31. The SMILES string of the molecule is Fc1ccc(-c2noc(CCn3nc(C(F)(F)F)c(Br)c3C3CC3)n2)cc1. The van der Waals surface area contributed by atoms with Crippen LogP contribution in [-0.4, -0.2) is 19.9 Å². The zero-order valence-corrected chi connectivity index (χ0v) is 15.4. The van der Waals surface area contributed by atoms with Gasteiger partial charge in [-0.15, -0.1) is 0 Å². The fourth-order valence-corrected chi connectivity index (χ4v) is 3.66. The summed E-state index contributed by atoms with van der Waals surface area (Å²) in [6.07, 6.45) is -2.60. The van der Waals surface area contributed by atoms with Crippen molar-refractivity contribution in [1.29, 1.82) is 0 Å². The van der Waals surface area contributed by atoms with Gasteiger partial charge in [-0.1, -0.05) is 5.16 Å². The molecular weight excluding hydrogens is 432 g/mol. The lowest BCUT2D eigenvalue weighted by molar-refractivity contribution is -0.142. The van der Waals surface area contributed by atoms with Crippen molar-refractivity contribution in [2.75, 3.05) is 0 Å². The number of nitrogens with zero attached hydrogens (tertiary/aromatic N) is 4. The fourth-order valence-electron chi connectivity index (χ4n) is 2.83. The Morgan fingerprint density at radius 2 is 1.89 bits per heavy atom. The van der Waals surface area contributed by atoms with Crippen LogP contribution in [0.1, 0.15) is 36.0 Å². The minimum Gasteiger partial charge on any atom is -0.339 e. The molecule has 142 valence electrons. The molecule has 3 aromatic rings. The second kappa shape index (κ2) is 6.74. The first-order valence-electron chi connectivity index (χ1n) is 8.25. The average molecular weight is 445 g/mol. The monoisotopic (exact) mass is 444 g/mol. The van der Waals surface area contributed by atoms with Gasteiger partial charge in [0.2, 0.25) is 11.7 Å². The molecule has 10 heteroatoms. The van der Waals surface area contributed by atoms with E-state index < -0.39 is 11.9 Å². The molecule has 0 bridgehead atoms. The number of benzene rings is 1. The third-order valence-corrected chi connectivity index (χ3v) is 5.05. The molecule has 5 nitrogen and oxygen atoms in total. The molecule has 0 saturated heterocycles. The lowest BCUT2D eigenvalue weighted by atomic mass is 10.2. The molecular formula is C17H13BrF4N4O. The molecule has 2 heterocycles. The molecule has 0 amide bonds. The van der Waals surface area contributed by atoms with Crippen LogP contribution < -0.4 is 0 Å². The highest BCUT2D eigenvalue weighted by Crippen LogP contribution is 2.47. The Balaban J connectivity index is 1.53. The molecule has 2 aromatic heterocycles. The van der Waals surface area contributed by atoms with Gasteiger partial charge in [-0.2, -0.15) is 23.3 Å². The number of hydrogen-bond donors (Lipinski definition) is 0. The van der Waals surface area contributed by atoms with Crippen molar-refractivity contribution in [1.82, 2.24) is 19.9 Å². The maximum absolute atomic E-state index is 13.1. The van der Waals surface area contributed by atoms with Crippen molar-refractivity contribution in [2.45, 2.75) is 37.9 Å². The van der Waals surface area contributed by atoms with Gasteiger partial charge < -0.3 is 4.52 Å². The number of halogens is 5. The summed E-state index contributed by atoms with van der Waals surface area (Å²) in [5.74, 6) is 0.279. The Morgan fingerprint density at radius 1 is 1.19 bits per heavy atom. The van der Waals surface area contributed by atoms with Crippen molar-refractivity contribution in [3.8, 4) is 11.4 Å². The zero-order valence-electron chi connectivity index (χ0n) is 13.8. The van der Waals surface area contributed by atoms with Crippen LogP contribution in [0.5, 0.6) is 0 Å². The third-order valence-electron chi connectivity index (χ3n) is 4.27. The minimum atomic E-state index is -4.52. The number of rotatable bonds is 5. The molecule has 1 aliphatic rings. The third kappa shape index (κ3) is 3.76. The molecule has 27 heavy (non-hydrogen) atoms. The van der Waals surface area contributed by atoms with Gasteiger partial charge in [0.25, 0.3) is 0 Å². The summed E-state index contributed by atoms with van der Waals surface area (Å²) >= 11 is 3.06. The number of aryl methyl sites for hydroxylation is 2. The molecule has 0 radical (unpaired) electrons. The Labute approximate surface area is 159 Å². The normalized spacial score (nSPS) is 14.7. The topological polar surface area (TPSA) is 56.7 Å². The number of alkyl halides is 3. The average Bonchev–Trinajstić information content (AvgIpc) is 3.22. The molecule has 4 rings (SSSR count). The molecule has 1 saturated carbocycles. The van der Waals surface area contributed by atoms with Crippen LogP contribution in [0.4, 0.5) is 17.6 Å². The smallest absolute Gasteiger partial charge is 0.339 e. The van der Waals surface area contributed by atoms with E-state index in [0.717, 1.165) is 12.8 Å². The van der Waals surface area contributed by atoms with Gasteiger partial charge >= 0.3 is 6.18 Å². The highest BCUT2D eigenvalue weighted by atomic mass is 79.9. The van der Waals surface area contributed by atoms with E-state index in [1.807, 2.05) is 0 Å². The first kappa shape index (κ1) is 18.1. The van der Waals surface area contributed by atoms with Crippen molar-refractivity contribution in [3.05, 3.63) is 51.8 Å². The molecule has 1 aliphatic carbocycles. The van der Waals surface area contributed by atoms with Gasteiger partial charge in [-0.25, -0.2) is 4.39 Å². The summed E-state index contributed by atoms with van der Waals surface area (Å²) in [6, 6.07) is 5.62. The van der Waals surface area contributed by atoms with E-state index in [1.165, 1.54) is 28.9 Å². The quantitative estimate of drug-likeness (QED) is 0.521. The van der Waals surface area contributed by atoms with Gasteiger partial charge in [0, 0.05) is 17.9 Å². The molecule has 1 fully saturated rings. The molecule has 0 spiro atoms. The largest absolute Gasteiger partial charge is 0.436 e. The highest BCUT2D eigenvalue weighted by Gasteiger charge is 2.41. The first-order valence-corrected chi connectivity index (χ1v) is 9.04. The molecule has 1 aromatic carbocycles. The Kier molecular flexibility index (Phi) is 4.53. The van der Waals surface area contributed by atoms with Crippen molar-refractivity contribution in [2.24, 2.45) is 0 Å². The van der Waals surface area contributed by atoms with Gasteiger partial charge in [0.1, 0.15) is 5.82 Å². The van der Waals surface area contributed by atoms with Gasteiger partial charge in [0.15, 0.2) is 5.69 Å².